The van der Waals surface area contributed by atoms with Gasteiger partial charge in [-0.15, -0.1) is 0 Å². The summed E-state index contributed by atoms with van der Waals surface area (Å²) in [6, 6.07) is 7.83. The van der Waals surface area contributed by atoms with Crippen LogP contribution in [0.15, 0.2) is 30.8 Å². The smallest absolute Gasteiger partial charge is 0.203 e. The van der Waals surface area contributed by atoms with Crippen molar-refractivity contribution in [3.8, 4) is 23.0 Å². The lowest BCUT2D eigenvalue weighted by atomic mass is 9.84. The van der Waals surface area contributed by atoms with Crippen LogP contribution in [-0.4, -0.2) is 54.7 Å². The second-order valence-corrected chi connectivity index (χ2v) is 21.3. The summed E-state index contributed by atoms with van der Waals surface area (Å²) < 4.78 is 22.6. The van der Waals surface area contributed by atoms with E-state index in [1.807, 2.05) is 50.5 Å². The SMILES string of the molecule is C=C(c1cc(OC)c(OC)c(OC)c1)c1ccc(OC)c(CC(C)(C)[Si](C)(C)O)c1CC(C)(C)[Si](C)(C)O. The Morgan fingerprint density at radius 3 is 1.50 bits per heavy atom. The van der Waals surface area contributed by atoms with Gasteiger partial charge in [-0.05, 0) is 95.1 Å². The molecule has 0 saturated heterocycles. The minimum atomic E-state index is -2.56. The highest BCUT2D eigenvalue weighted by Crippen LogP contribution is 2.48. The molecule has 0 amide bonds. The van der Waals surface area contributed by atoms with Gasteiger partial charge in [0.1, 0.15) is 5.75 Å². The molecule has 0 unspecified atom stereocenters. The van der Waals surface area contributed by atoms with Crippen molar-refractivity contribution in [1.82, 2.24) is 0 Å². The second-order valence-electron chi connectivity index (χ2n) is 12.4. The monoisotopic (exact) mass is 560 g/mol. The second kappa shape index (κ2) is 11.5. The van der Waals surface area contributed by atoms with Crippen LogP contribution >= 0.6 is 0 Å². The molecule has 0 heterocycles. The zero-order chi connectivity index (χ0) is 29.3. The van der Waals surface area contributed by atoms with E-state index in [0.717, 1.165) is 33.6 Å². The van der Waals surface area contributed by atoms with E-state index < -0.39 is 16.6 Å². The molecule has 0 aliphatic carbocycles. The van der Waals surface area contributed by atoms with Crippen molar-refractivity contribution in [1.29, 1.82) is 0 Å². The summed E-state index contributed by atoms with van der Waals surface area (Å²) >= 11 is 0. The molecule has 8 heteroatoms. The summed E-state index contributed by atoms with van der Waals surface area (Å²) in [6.07, 6.45) is 1.28. The molecule has 2 rings (SSSR count). The number of benzene rings is 2. The van der Waals surface area contributed by atoms with Crippen molar-refractivity contribution in [2.24, 2.45) is 0 Å². The van der Waals surface area contributed by atoms with E-state index >= 15 is 0 Å². The first-order valence-corrected chi connectivity index (χ1v) is 18.9. The van der Waals surface area contributed by atoms with E-state index in [4.69, 9.17) is 18.9 Å². The molecule has 38 heavy (non-hydrogen) atoms. The number of methoxy groups -OCH3 is 4. The summed E-state index contributed by atoms with van der Waals surface area (Å²) in [7, 11) is 1.37. The van der Waals surface area contributed by atoms with Crippen molar-refractivity contribution < 1.29 is 28.5 Å². The quantitative estimate of drug-likeness (QED) is 0.277. The van der Waals surface area contributed by atoms with Crippen LogP contribution in [-0.2, 0) is 12.8 Å². The van der Waals surface area contributed by atoms with Gasteiger partial charge in [-0.3, -0.25) is 0 Å². The average Bonchev–Trinajstić information content (AvgIpc) is 2.81. The Morgan fingerprint density at radius 1 is 0.711 bits per heavy atom. The molecule has 2 N–H and O–H groups in total. The Labute approximate surface area is 231 Å². The predicted octanol–water partition coefficient (Wildman–Crippen LogP) is 6.82. The van der Waals surface area contributed by atoms with Crippen molar-refractivity contribution >= 4 is 22.2 Å². The van der Waals surface area contributed by atoms with Crippen molar-refractivity contribution in [3.05, 3.63) is 53.1 Å². The molecule has 2 aromatic carbocycles. The minimum Gasteiger partial charge on any atom is -0.496 e. The molecular weight excluding hydrogens is 512 g/mol. The molecule has 6 nitrogen and oxygen atoms in total. The van der Waals surface area contributed by atoms with E-state index in [0.29, 0.717) is 30.1 Å². The van der Waals surface area contributed by atoms with Crippen LogP contribution < -0.4 is 18.9 Å². The van der Waals surface area contributed by atoms with Gasteiger partial charge in [0.05, 0.1) is 28.4 Å². The lowest BCUT2D eigenvalue weighted by molar-refractivity contribution is 0.324. The van der Waals surface area contributed by atoms with Gasteiger partial charge in [-0.1, -0.05) is 40.3 Å². The summed E-state index contributed by atoms with van der Waals surface area (Å²) in [4.78, 5) is 22.4. The fraction of sp³-hybridized carbons (Fsp3) is 0.533. The molecule has 0 aliphatic rings. The maximum absolute atomic E-state index is 11.2. The van der Waals surface area contributed by atoms with Crippen molar-refractivity contribution in [2.75, 3.05) is 28.4 Å². The molecular formula is C30H48O6Si2. The zero-order valence-corrected chi connectivity index (χ0v) is 27.5. The lowest BCUT2D eigenvalue weighted by Gasteiger charge is -2.39. The van der Waals surface area contributed by atoms with Gasteiger partial charge < -0.3 is 28.5 Å². The van der Waals surface area contributed by atoms with Crippen molar-refractivity contribution in [3.63, 3.8) is 0 Å². The first kappa shape index (κ1) is 31.9. The highest BCUT2D eigenvalue weighted by Gasteiger charge is 2.42. The summed E-state index contributed by atoms with van der Waals surface area (Å²) in [6.45, 7) is 20.9. The van der Waals surface area contributed by atoms with Crippen LogP contribution in [0.3, 0.4) is 0 Å². The van der Waals surface area contributed by atoms with E-state index in [1.165, 1.54) is 0 Å². The predicted molar refractivity (Wildman–Crippen MR) is 162 cm³/mol. The first-order valence-electron chi connectivity index (χ1n) is 13.0. The van der Waals surface area contributed by atoms with E-state index in [-0.39, 0.29) is 10.1 Å². The molecule has 0 saturated carbocycles. The molecule has 0 radical (unpaired) electrons. The van der Waals surface area contributed by atoms with Gasteiger partial charge in [0.25, 0.3) is 0 Å². The molecule has 2 aromatic rings. The summed E-state index contributed by atoms with van der Waals surface area (Å²) in [5.74, 6) is 2.41. The van der Waals surface area contributed by atoms with Gasteiger partial charge in [-0.25, -0.2) is 0 Å². The third kappa shape index (κ3) is 6.47. The highest BCUT2D eigenvalue weighted by atomic mass is 28.4. The van der Waals surface area contributed by atoms with Crippen molar-refractivity contribution in [2.45, 2.75) is 76.8 Å². The molecule has 0 atom stereocenters. The number of rotatable bonds is 12. The molecule has 0 spiro atoms. The summed E-state index contributed by atoms with van der Waals surface area (Å²) in [5, 5.41) is -0.660. The molecule has 0 bridgehead atoms. The van der Waals surface area contributed by atoms with Gasteiger partial charge in [0.2, 0.25) is 5.75 Å². The van der Waals surface area contributed by atoms with E-state index in [2.05, 4.69) is 34.3 Å². The highest BCUT2D eigenvalue weighted by molar-refractivity contribution is 6.73. The van der Waals surface area contributed by atoms with Gasteiger partial charge in [0, 0.05) is 0 Å². The van der Waals surface area contributed by atoms with E-state index in [1.54, 1.807) is 28.4 Å². The Hall–Kier alpha value is -2.27. The van der Waals surface area contributed by atoms with E-state index in [9.17, 15) is 9.59 Å². The first-order chi connectivity index (χ1) is 17.3. The Kier molecular flexibility index (Phi) is 9.63. The molecule has 0 fully saturated rings. The van der Waals surface area contributed by atoms with Crippen LogP contribution in [0.1, 0.15) is 49.9 Å². The normalized spacial score (nSPS) is 12.8. The topological polar surface area (TPSA) is 77.4 Å². The molecule has 212 valence electrons. The third-order valence-corrected chi connectivity index (χ3v) is 15.5. The molecule has 0 aromatic heterocycles. The lowest BCUT2D eigenvalue weighted by Crippen LogP contribution is -2.42. The standard InChI is InChI=1S/C30H48O6Si2/c1-20(21-16-26(34-7)28(36-9)27(17-21)35-8)22-14-15-25(33-6)24(19-30(4,5)38(12,13)32)23(22)18-29(2,3)37(10,11)31/h14-17,31-32H,1,18-19H2,2-13H3. The number of hydrogen-bond acceptors (Lipinski definition) is 6. The van der Waals surface area contributed by atoms with Crippen LogP contribution in [0.5, 0.6) is 23.0 Å². The number of ether oxygens (including phenoxy) is 4. The third-order valence-electron chi connectivity index (χ3n) is 8.50. The number of hydrogen-bond donors (Lipinski definition) is 2. The van der Waals surface area contributed by atoms with Gasteiger partial charge in [-0.2, -0.15) is 0 Å². The Bertz CT molecular complexity index is 1130. The Balaban J connectivity index is 2.89. The zero-order valence-electron chi connectivity index (χ0n) is 25.5. The van der Waals surface area contributed by atoms with Gasteiger partial charge in [0.15, 0.2) is 28.1 Å². The van der Waals surface area contributed by atoms with Crippen LogP contribution in [0.25, 0.3) is 5.57 Å². The minimum absolute atomic E-state index is 0.322. The van der Waals surface area contributed by atoms with Gasteiger partial charge >= 0.3 is 0 Å². The van der Waals surface area contributed by atoms with Crippen LogP contribution in [0.4, 0.5) is 0 Å². The maximum Gasteiger partial charge on any atom is 0.203 e. The largest absolute Gasteiger partial charge is 0.496 e. The molecule has 0 aliphatic heterocycles. The van der Waals surface area contributed by atoms with Crippen LogP contribution in [0, 0.1) is 0 Å². The fourth-order valence-electron chi connectivity index (χ4n) is 4.27. The Morgan fingerprint density at radius 2 is 1.13 bits per heavy atom. The van der Waals surface area contributed by atoms with Crippen LogP contribution in [0.2, 0.25) is 36.3 Å². The average molecular weight is 561 g/mol. The summed E-state index contributed by atoms with van der Waals surface area (Å²) in [5.41, 5.74) is 4.73. The fourth-order valence-corrected chi connectivity index (χ4v) is 5.49. The maximum atomic E-state index is 11.2.